The summed E-state index contributed by atoms with van der Waals surface area (Å²) in [6, 6.07) is 8.86. The van der Waals surface area contributed by atoms with Crippen molar-refractivity contribution >= 4 is 27.5 Å². The van der Waals surface area contributed by atoms with Crippen LogP contribution in [0.4, 0.5) is 8.78 Å². The highest BCUT2D eigenvalue weighted by Crippen LogP contribution is 2.26. The van der Waals surface area contributed by atoms with E-state index in [0.29, 0.717) is 15.1 Å². The normalized spacial score (nSPS) is 12.5. The Morgan fingerprint density at radius 3 is 2.63 bits per heavy atom. The van der Waals surface area contributed by atoms with Crippen LogP contribution in [-0.2, 0) is 6.42 Å². The summed E-state index contributed by atoms with van der Waals surface area (Å²) in [5.74, 6) is -1.85. The van der Waals surface area contributed by atoms with Gasteiger partial charge in [-0.3, -0.25) is 0 Å². The SMILES string of the molecule is OC(Cc1cccc(F)c1F)c1cc(Cl)cc(Br)c1. The van der Waals surface area contributed by atoms with Crippen molar-refractivity contribution in [3.05, 3.63) is 68.7 Å². The van der Waals surface area contributed by atoms with Crippen LogP contribution in [0, 0.1) is 11.6 Å². The molecule has 19 heavy (non-hydrogen) atoms. The van der Waals surface area contributed by atoms with Gasteiger partial charge in [0.1, 0.15) is 0 Å². The summed E-state index contributed by atoms with van der Waals surface area (Å²) in [6.45, 7) is 0. The summed E-state index contributed by atoms with van der Waals surface area (Å²) in [4.78, 5) is 0. The van der Waals surface area contributed by atoms with Gasteiger partial charge < -0.3 is 5.11 Å². The fourth-order valence-electron chi connectivity index (χ4n) is 1.80. The van der Waals surface area contributed by atoms with Gasteiger partial charge in [-0.1, -0.05) is 39.7 Å². The Bertz CT molecular complexity index is 584. The van der Waals surface area contributed by atoms with Gasteiger partial charge in [0.15, 0.2) is 11.6 Å². The molecule has 0 bridgehead atoms. The van der Waals surface area contributed by atoms with Crippen molar-refractivity contribution in [1.82, 2.24) is 0 Å². The van der Waals surface area contributed by atoms with Crippen molar-refractivity contribution < 1.29 is 13.9 Å². The molecule has 5 heteroatoms. The first-order valence-corrected chi connectivity index (χ1v) is 6.71. The smallest absolute Gasteiger partial charge is 0.162 e. The first kappa shape index (κ1) is 14.4. The van der Waals surface area contributed by atoms with Crippen LogP contribution in [0.1, 0.15) is 17.2 Å². The number of aliphatic hydroxyl groups is 1. The highest BCUT2D eigenvalue weighted by Gasteiger charge is 2.14. The van der Waals surface area contributed by atoms with Crippen LogP contribution in [-0.4, -0.2) is 5.11 Å². The van der Waals surface area contributed by atoms with Crippen LogP contribution >= 0.6 is 27.5 Å². The maximum absolute atomic E-state index is 13.5. The second-order valence-corrected chi connectivity index (χ2v) is 5.49. The number of benzene rings is 2. The molecule has 0 saturated carbocycles. The van der Waals surface area contributed by atoms with E-state index >= 15 is 0 Å². The predicted octanol–water partition coefficient (Wildman–Crippen LogP) is 4.66. The van der Waals surface area contributed by atoms with E-state index in [1.54, 1.807) is 18.2 Å². The minimum atomic E-state index is -0.953. The molecule has 0 spiro atoms. The maximum Gasteiger partial charge on any atom is 0.162 e. The number of hydrogen-bond acceptors (Lipinski definition) is 1. The van der Waals surface area contributed by atoms with Gasteiger partial charge in [-0.05, 0) is 35.4 Å². The molecule has 1 N–H and O–H groups in total. The molecule has 0 aliphatic rings. The lowest BCUT2D eigenvalue weighted by Gasteiger charge is -2.13. The average Bonchev–Trinajstić information content (AvgIpc) is 2.33. The van der Waals surface area contributed by atoms with Crippen LogP contribution in [0.5, 0.6) is 0 Å². The van der Waals surface area contributed by atoms with E-state index in [1.807, 2.05) is 0 Å². The lowest BCUT2D eigenvalue weighted by Crippen LogP contribution is -2.04. The molecule has 2 rings (SSSR count). The van der Waals surface area contributed by atoms with Crippen molar-refractivity contribution in [2.45, 2.75) is 12.5 Å². The Labute approximate surface area is 123 Å². The summed E-state index contributed by atoms with van der Waals surface area (Å²) in [7, 11) is 0. The molecule has 0 aromatic heterocycles. The molecule has 0 fully saturated rings. The second-order valence-electron chi connectivity index (χ2n) is 4.14. The number of hydrogen-bond donors (Lipinski definition) is 1. The predicted molar refractivity (Wildman–Crippen MR) is 74.2 cm³/mol. The molecule has 0 aliphatic heterocycles. The van der Waals surface area contributed by atoms with Crippen LogP contribution in [0.15, 0.2) is 40.9 Å². The van der Waals surface area contributed by atoms with E-state index in [-0.39, 0.29) is 12.0 Å². The van der Waals surface area contributed by atoms with Crippen molar-refractivity contribution in [1.29, 1.82) is 0 Å². The van der Waals surface area contributed by atoms with E-state index in [4.69, 9.17) is 11.6 Å². The molecule has 0 heterocycles. The summed E-state index contributed by atoms with van der Waals surface area (Å²) < 4.78 is 27.3. The summed E-state index contributed by atoms with van der Waals surface area (Å²) in [5.41, 5.74) is 0.673. The minimum Gasteiger partial charge on any atom is -0.388 e. The first-order valence-electron chi connectivity index (χ1n) is 5.54. The minimum absolute atomic E-state index is 0.0175. The zero-order valence-electron chi connectivity index (χ0n) is 9.71. The van der Waals surface area contributed by atoms with Gasteiger partial charge in [-0.15, -0.1) is 0 Å². The monoisotopic (exact) mass is 346 g/mol. The number of aliphatic hydroxyl groups excluding tert-OH is 1. The Morgan fingerprint density at radius 1 is 1.21 bits per heavy atom. The van der Waals surface area contributed by atoms with E-state index in [2.05, 4.69) is 15.9 Å². The number of halogens is 4. The molecule has 0 amide bonds. The van der Waals surface area contributed by atoms with Gasteiger partial charge in [0.2, 0.25) is 0 Å². The quantitative estimate of drug-likeness (QED) is 0.856. The second kappa shape index (κ2) is 5.99. The Hall–Kier alpha value is -0.970. The van der Waals surface area contributed by atoms with Gasteiger partial charge >= 0.3 is 0 Å². The van der Waals surface area contributed by atoms with Crippen molar-refractivity contribution in [3.8, 4) is 0 Å². The topological polar surface area (TPSA) is 20.2 Å². The summed E-state index contributed by atoms with van der Waals surface area (Å²) in [5, 5.41) is 10.5. The Morgan fingerprint density at radius 2 is 1.95 bits per heavy atom. The van der Waals surface area contributed by atoms with Crippen molar-refractivity contribution in [2.24, 2.45) is 0 Å². The summed E-state index contributed by atoms with van der Waals surface area (Å²) >= 11 is 9.14. The lowest BCUT2D eigenvalue weighted by atomic mass is 10.0. The highest BCUT2D eigenvalue weighted by atomic mass is 79.9. The summed E-state index contributed by atoms with van der Waals surface area (Å²) in [6.07, 6.45) is -0.970. The van der Waals surface area contributed by atoms with Crippen LogP contribution in [0.2, 0.25) is 5.02 Å². The zero-order chi connectivity index (χ0) is 14.0. The molecule has 1 unspecified atom stereocenters. The van der Waals surface area contributed by atoms with Gasteiger partial charge in [-0.2, -0.15) is 0 Å². The third-order valence-electron chi connectivity index (χ3n) is 2.71. The average molecular weight is 348 g/mol. The fourth-order valence-corrected chi connectivity index (χ4v) is 2.69. The fraction of sp³-hybridized carbons (Fsp3) is 0.143. The van der Waals surface area contributed by atoms with Crippen LogP contribution in [0.25, 0.3) is 0 Å². The van der Waals surface area contributed by atoms with E-state index < -0.39 is 17.7 Å². The maximum atomic E-state index is 13.5. The molecule has 1 atom stereocenters. The molecule has 0 aliphatic carbocycles. The zero-order valence-corrected chi connectivity index (χ0v) is 12.0. The van der Waals surface area contributed by atoms with E-state index in [1.165, 1.54) is 12.1 Å². The lowest BCUT2D eigenvalue weighted by molar-refractivity contribution is 0.176. The largest absolute Gasteiger partial charge is 0.388 e. The molecule has 1 nitrogen and oxygen atoms in total. The third-order valence-corrected chi connectivity index (χ3v) is 3.39. The molecule has 100 valence electrons. The van der Waals surface area contributed by atoms with Crippen LogP contribution in [0.3, 0.4) is 0 Å². The van der Waals surface area contributed by atoms with E-state index in [9.17, 15) is 13.9 Å². The van der Waals surface area contributed by atoms with Gasteiger partial charge in [-0.25, -0.2) is 8.78 Å². The molecular weight excluding hydrogens is 338 g/mol. The Balaban J connectivity index is 2.25. The van der Waals surface area contributed by atoms with E-state index in [0.717, 1.165) is 6.07 Å². The molecule has 2 aromatic rings. The molecule has 0 saturated heterocycles. The molecule has 0 radical (unpaired) electrons. The molecular formula is C14H10BrClF2O. The third kappa shape index (κ3) is 3.53. The van der Waals surface area contributed by atoms with Crippen LogP contribution < -0.4 is 0 Å². The first-order chi connectivity index (χ1) is 8.97. The van der Waals surface area contributed by atoms with Gasteiger partial charge in [0, 0.05) is 15.9 Å². The highest BCUT2D eigenvalue weighted by molar-refractivity contribution is 9.10. The van der Waals surface area contributed by atoms with Gasteiger partial charge in [0.05, 0.1) is 6.10 Å². The Kier molecular flexibility index (Phi) is 4.55. The van der Waals surface area contributed by atoms with Gasteiger partial charge in [0.25, 0.3) is 0 Å². The number of rotatable bonds is 3. The molecule has 2 aromatic carbocycles. The van der Waals surface area contributed by atoms with Crippen molar-refractivity contribution in [3.63, 3.8) is 0 Å². The standard InChI is InChI=1S/C14H10BrClF2O/c15-10-4-9(5-11(16)7-10)13(19)6-8-2-1-3-12(17)14(8)18/h1-5,7,13,19H,6H2. The van der Waals surface area contributed by atoms with Crippen molar-refractivity contribution in [2.75, 3.05) is 0 Å².